The van der Waals surface area contributed by atoms with Gasteiger partial charge in [0.05, 0.1) is 13.2 Å². The Morgan fingerprint density at radius 1 is 1.44 bits per heavy atom. The van der Waals surface area contributed by atoms with Gasteiger partial charge >= 0.3 is 5.97 Å². The van der Waals surface area contributed by atoms with Crippen LogP contribution in [0.1, 0.15) is 40.0 Å². The van der Waals surface area contributed by atoms with E-state index in [0.717, 1.165) is 12.8 Å². The largest absolute Gasteiger partial charge is 0.467 e. The van der Waals surface area contributed by atoms with Gasteiger partial charge in [-0.3, -0.25) is 0 Å². The van der Waals surface area contributed by atoms with Gasteiger partial charge in [0, 0.05) is 0 Å². The molecule has 0 saturated carbocycles. The molecule has 0 spiro atoms. The Hall–Kier alpha value is -0.250. The number of rotatable bonds is 7. The van der Waals surface area contributed by atoms with Crippen molar-refractivity contribution in [3.63, 3.8) is 0 Å². The molecular weight excluding hydrogens is 275 g/mol. The number of hydrogen-bond donors (Lipinski definition) is 1. The number of hydrogen-bond acceptors (Lipinski definition) is 3. The van der Waals surface area contributed by atoms with E-state index in [-0.39, 0.29) is 5.92 Å². The summed E-state index contributed by atoms with van der Waals surface area (Å²) in [5.74, 6) is -0.605. The molecule has 18 heavy (non-hydrogen) atoms. The summed E-state index contributed by atoms with van der Waals surface area (Å²) in [6.07, 6.45) is 3.21. The predicted octanol–water partition coefficient (Wildman–Crippen LogP) is 3.47. The van der Waals surface area contributed by atoms with Crippen LogP contribution in [0.5, 0.6) is 0 Å². The number of ether oxygens (including phenoxy) is 1. The Morgan fingerprint density at radius 3 is 2.44 bits per heavy atom. The zero-order chi connectivity index (χ0) is 14.3. The minimum absolute atomic E-state index is 0.220. The zero-order valence-corrected chi connectivity index (χ0v) is 12.9. The number of halogens is 2. The van der Waals surface area contributed by atoms with Gasteiger partial charge in [-0.15, -0.1) is 0 Å². The highest BCUT2D eigenvalue weighted by molar-refractivity contribution is 6.58. The third-order valence-corrected chi connectivity index (χ3v) is 3.53. The van der Waals surface area contributed by atoms with Crippen molar-refractivity contribution in [2.24, 2.45) is 5.92 Å². The first kappa shape index (κ1) is 17.8. The topological polar surface area (TPSA) is 46.5 Å². The molecule has 0 bridgehead atoms. The van der Waals surface area contributed by atoms with E-state index in [2.05, 4.69) is 10.8 Å². The minimum Gasteiger partial charge on any atom is -0.467 e. The first-order chi connectivity index (χ1) is 8.21. The van der Waals surface area contributed by atoms with Gasteiger partial charge in [-0.2, -0.15) is 0 Å². The second kappa shape index (κ2) is 8.03. The maximum Gasteiger partial charge on any atom is 0.345 e. The third kappa shape index (κ3) is 6.07. The number of carbonyl (C=O) groups excluding carboxylic acids is 1. The van der Waals surface area contributed by atoms with Crippen LogP contribution in [0, 0.1) is 5.92 Å². The predicted molar refractivity (Wildman–Crippen MR) is 74.9 cm³/mol. The summed E-state index contributed by atoms with van der Waals surface area (Å²) >= 11 is 11.6. The maximum atomic E-state index is 11.3. The fourth-order valence-corrected chi connectivity index (χ4v) is 1.91. The summed E-state index contributed by atoms with van der Waals surface area (Å²) in [7, 11) is 1.19. The summed E-state index contributed by atoms with van der Waals surface area (Å²) < 4.78 is 2.57. The molecule has 0 aliphatic heterocycles. The molecule has 1 N–H and O–H groups in total. The average molecular weight is 297 g/mol. The molecule has 0 fully saturated rings. The van der Waals surface area contributed by atoms with Crippen LogP contribution in [0.25, 0.3) is 0 Å². The lowest BCUT2D eigenvalue weighted by atomic mass is 9.96. The van der Waals surface area contributed by atoms with Crippen molar-refractivity contribution in [2.75, 3.05) is 7.11 Å². The first-order valence-electron chi connectivity index (χ1n) is 5.99. The van der Waals surface area contributed by atoms with E-state index in [1.165, 1.54) is 12.7 Å². The van der Waals surface area contributed by atoms with Gasteiger partial charge in [0.25, 0.3) is 0 Å². The van der Waals surface area contributed by atoms with Crippen LogP contribution < -0.4 is 0 Å². The maximum absolute atomic E-state index is 11.3. The van der Waals surface area contributed by atoms with E-state index < -0.39 is 16.4 Å². The lowest BCUT2D eigenvalue weighted by molar-refractivity contribution is -0.144. The molecule has 0 aliphatic carbocycles. The fourth-order valence-electron chi connectivity index (χ4n) is 1.58. The van der Waals surface area contributed by atoms with E-state index in [4.69, 9.17) is 23.2 Å². The van der Waals surface area contributed by atoms with Crippen molar-refractivity contribution in [1.29, 1.82) is 0 Å². The van der Waals surface area contributed by atoms with E-state index in [0.29, 0.717) is 6.42 Å². The van der Waals surface area contributed by atoms with Crippen molar-refractivity contribution in [3.05, 3.63) is 11.6 Å². The summed E-state index contributed by atoms with van der Waals surface area (Å²) in [5.41, 5.74) is 1.27. The van der Waals surface area contributed by atoms with Crippen LogP contribution in [0.15, 0.2) is 11.6 Å². The summed E-state index contributed by atoms with van der Waals surface area (Å²) in [6.45, 7) is 6.07. The fraction of sp³-hybridized carbons (Fsp3) is 0.769. The molecule has 0 aromatic heterocycles. The van der Waals surface area contributed by atoms with Crippen LogP contribution in [0.4, 0.5) is 0 Å². The van der Waals surface area contributed by atoms with E-state index in [1.54, 1.807) is 0 Å². The molecule has 2 atom stereocenters. The van der Waals surface area contributed by atoms with Crippen LogP contribution >= 0.6 is 23.2 Å². The lowest BCUT2D eigenvalue weighted by Crippen LogP contribution is -2.41. The zero-order valence-electron chi connectivity index (χ0n) is 11.4. The molecule has 0 heterocycles. The summed E-state index contributed by atoms with van der Waals surface area (Å²) in [6, 6.07) is 0. The first-order valence-corrected chi connectivity index (χ1v) is 6.75. The normalized spacial score (nSPS) is 14.8. The Labute approximate surface area is 119 Å². The number of allylic oxidation sites excluding steroid dienone is 2. The number of esters is 1. The van der Waals surface area contributed by atoms with E-state index in [1.807, 2.05) is 20.8 Å². The number of carbonyl (C=O) groups is 1. The summed E-state index contributed by atoms with van der Waals surface area (Å²) in [4.78, 5) is 11.3. The second-order valence-electron chi connectivity index (χ2n) is 4.83. The van der Waals surface area contributed by atoms with Gasteiger partial charge < -0.3 is 9.84 Å². The molecule has 0 aromatic carbocycles. The van der Waals surface area contributed by atoms with Gasteiger partial charge in [-0.05, 0) is 39.0 Å². The van der Waals surface area contributed by atoms with Gasteiger partial charge in [0.1, 0.15) is 0 Å². The van der Waals surface area contributed by atoms with Crippen LogP contribution in [-0.4, -0.2) is 28.6 Å². The Balaban J connectivity index is 4.26. The van der Waals surface area contributed by atoms with E-state index in [9.17, 15) is 9.90 Å². The Kier molecular flexibility index (Phi) is 7.92. The van der Waals surface area contributed by atoms with Gasteiger partial charge in [0.2, 0.25) is 4.33 Å². The van der Waals surface area contributed by atoms with Crippen molar-refractivity contribution in [3.8, 4) is 0 Å². The molecular formula is C13H22Cl2O3. The molecule has 0 aromatic rings. The molecule has 106 valence electrons. The molecule has 0 aliphatic rings. The quantitative estimate of drug-likeness (QED) is 0.444. The van der Waals surface area contributed by atoms with Crippen LogP contribution in [-0.2, 0) is 9.53 Å². The number of aliphatic hydroxyl groups is 1. The van der Waals surface area contributed by atoms with Crippen molar-refractivity contribution in [2.45, 2.75) is 50.5 Å². The smallest absolute Gasteiger partial charge is 0.345 e. The molecule has 0 saturated heterocycles. The SMILES string of the molecule is COC(=O)C(Cl)(Cl)C(O)CC(C)CCC=C(C)C. The Bertz CT molecular complexity index is 297. The highest BCUT2D eigenvalue weighted by atomic mass is 35.5. The lowest BCUT2D eigenvalue weighted by Gasteiger charge is -2.25. The Morgan fingerprint density at radius 2 is 2.00 bits per heavy atom. The van der Waals surface area contributed by atoms with Gasteiger partial charge in [-0.25, -0.2) is 4.79 Å². The number of methoxy groups -OCH3 is 1. The molecule has 0 amide bonds. The van der Waals surface area contributed by atoms with Crippen molar-refractivity contribution < 1.29 is 14.6 Å². The van der Waals surface area contributed by atoms with Crippen LogP contribution in [0.2, 0.25) is 0 Å². The van der Waals surface area contributed by atoms with E-state index >= 15 is 0 Å². The highest BCUT2D eigenvalue weighted by Crippen LogP contribution is 2.31. The molecule has 5 heteroatoms. The minimum atomic E-state index is -1.89. The second-order valence-corrected chi connectivity index (χ2v) is 6.22. The number of alkyl halides is 2. The van der Waals surface area contributed by atoms with Crippen LogP contribution in [0.3, 0.4) is 0 Å². The van der Waals surface area contributed by atoms with Gasteiger partial charge in [0.15, 0.2) is 0 Å². The molecule has 2 unspecified atom stereocenters. The highest BCUT2D eigenvalue weighted by Gasteiger charge is 2.43. The van der Waals surface area contributed by atoms with Crippen molar-refractivity contribution >= 4 is 29.2 Å². The average Bonchev–Trinajstić information content (AvgIpc) is 2.26. The third-order valence-electron chi connectivity index (χ3n) is 2.71. The monoisotopic (exact) mass is 296 g/mol. The molecule has 3 nitrogen and oxygen atoms in total. The standard InChI is InChI=1S/C13H22Cl2O3/c1-9(2)6-5-7-10(3)8-11(16)13(14,15)12(17)18-4/h6,10-11,16H,5,7-8H2,1-4H3. The van der Waals surface area contributed by atoms with Crippen molar-refractivity contribution in [1.82, 2.24) is 0 Å². The summed E-state index contributed by atoms with van der Waals surface area (Å²) in [5, 5.41) is 9.88. The molecule has 0 rings (SSSR count). The molecule has 0 radical (unpaired) electrons. The van der Waals surface area contributed by atoms with Gasteiger partial charge in [-0.1, -0.05) is 41.8 Å². The number of aliphatic hydroxyl groups excluding tert-OH is 1.